The van der Waals surface area contributed by atoms with E-state index in [1.807, 2.05) is 20.8 Å². The summed E-state index contributed by atoms with van der Waals surface area (Å²) in [6, 6.07) is -0.490. The van der Waals surface area contributed by atoms with Crippen molar-refractivity contribution in [2.24, 2.45) is 0 Å². The molecule has 0 atom stereocenters. The number of anilines is 1. The number of thioether (sulfide) groups is 1. The minimum Gasteiger partial charge on any atom is -0.360 e. The number of aromatic nitrogens is 2. The molecule has 0 aliphatic heterocycles. The summed E-state index contributed by atoms with van der Waals surface area (Å²) in [5, 5.41) is 16.7. The molecule has 1 heterocycles. The molecule has 7 nitrogen and oxygen atoms in total. The molecule has 118 valence electrons. The third-order valence-corrected chi connectivity index (χ3v) is 4.02. The molecule has 0 bridgehead atoms. The van der Waals surface area contributed by atoms with Crippen LogP contribution in [0.3, 0.4) is 0 Å². The lowest BCUT2D eigenvalue weighted by Crippen LogP contribution is -2.48. The van der Waals surface area contributed by atoms with Crippen molar-refractivity contribution >= 4 is 40.2 Å². The SMILES string of the molecule is CCCNc1nnc(SCC(=O)NC(=O)NC(C)(C)C)s1. The average Bonchev–Trinajstić information content (AvgIpc) is 2.79. The van der Waals surface area contributed by atoms with Gasteiger partial charge in [-0.2, -0.15) is 0 Å². The molecule has 1 rings (SSSR count). The van der Waals surface area contributed by atoms with Crippen LogP contribution in [0, 0.1) is 0 Å². The fraction of sp³-hybridized carbons (Fsp3) is 0.667. The number of nitrogens with zero attached hydrogens (tertiary/aromatic N) is 2. The lowest BCUT2D eigenvalue weighted by atomic mass is 10.1. The minimum atomic E-state index is -0.490. The van der Waals surface area contributed by atoms with Gasteiger partial charge in [0.25, 0.3) is 0 Å². The molecule has 0 aliphatic rings. The first-order valence-corrected chi connectivity index (χ1v) is 8.42. The smallest absolute Gasteiger partial charge is 0.321 e. The molecule has 0 aromatic carbocycles. The van der Waals surface area contributed by atoms with Crippen LogP contribution in [0.25, 0.3) is 0 Å². The standard InChI is InChI=1S/C12H21N5O2S2/c1-5-6-13-10-16-17-11(21-10)20-7-8(18)14-9(19)15-12(2,3)4/h5-7H2,1-4H3,(H,13,16)(H2,14,15,18,19). The summed E-state index contributed by atoms with van der Waals surface area (Å²) in [7, 11) is 0. The van der Waals surface area contributed by atoms with E-state index in [1.54, 1.807) is 0 Å². The fourth-order valence-corrected chi connectivity index (χ4v) is 2.81. The van der Waals surface area contributed by atoms with Crippen molar-refractivity contribution < 1.29 is 9.59 Å². The van der Waals surface area contributed by atoms with Gasteiger partial charge < -0.3 is 10.6 Å². The number of hydrogen-bond donors (Lipinski definition) is 3. The molecule has 0 spiro atoms. The van der Waals surface area contributed by atoms with E-state index >= 15 is 0 Å². The third kappa shape index (κ3) is 7.86. The maximum Gasteiger partial charge on any atom is 0.321 e. The van der Waals surface area contributed by atoms with Gasteiger partial charge in [0.05, 0.1) is 5.75 Å². The predicted molar refractivity (Wildman–Crippen MR) is 85.8 cm³/mol. The van der Waals surface area contributed by atoms with E-state index in [-0.39, 0.29) is 17.2 Å². The number of carbonyl (C=O) groups is 2. The largest absolute Gasteiger partial charge is 0.360 e. The van der Waals surface area contributed by atoms with Gasteiger partial charge in [0.15, 0.2) is 4.34 Å². The molecule has 3 amide bonds. The molecule has 21 heavy (non-hydrogen) atoms. The van der Waals surface area contributed by atoms with E-state index < -0.39 is 6.03 Å². The Hall–Kier alpha value is -1.35. The molecule has 0 fully saturated rings. The average molecular weight is 331 g/mol. The summed E-state index contributed by atoms with van der Waals surface area (Å²) < 4.78 is 0.694. The second-order valence-corrected chi connectivity index (χ2v) is 7.54. The van der Waals surface area contributed by atoms with Crippen molar-refractivity contribution in [3.05, 3.63) is 0 Å². The zero-order valence-corrected chi connectivity index (χ0v) is 14.3. The molecule has 9 heteroatoms. The number of hydrogen-bond acceptors (Lipinski definition) is 7. The Kier molecular flexibility index (Phi) is 6.90. The maximum absolute atomic E-state index is 11.6. The van der Waals surface area contributed by atoms with Crippen molar-refractivity contribution in [2.45, 2.75) is 44.0 Å². The Morgan fingerprint density at radius 2 is 2.00 bits per heavy atom. The molecule has 0 unspecified atom stereocenters. The molecule has 0 aliphatic carbocycles. The summed E-state index contributed by atoms with van der Waals surface area (Å²) in [5.41, 5.74) is -0.378. The van der Waals surface area contributed by atoms with Crippen LogP contribution in [0.5, 0.6) is 0 Å². The van der Waals surface area contributed by atoms with Crippen LogP contribution in [0.4, 0.5) is 9.93 Å². The Morgan fingerprint density at radius 1 is 1.29 bits per heavy atom. The van der Waals surface area contributed by atoms with Crippen LogP contribution in [-0.4, -0.2) is 40.0 Å². The second-order valence-electron chi connectivity index (χ2n) is 5.34. The van der Waals surface area contributed by atoms with Gasteiger partial charge in [0.1, 0.15) is 0 Å². The highest BCUT2D eigenvalue weighted by Crippen LogP contribution is 2.25. The highest BCUT2D eigenvalue weighted by Gasteiger charge is 2.16. The summed E-state index contributed by atoms with van der Waals surface area (Å²) in [6.07, 6.45) is 1.01. The lowest BCUT2D eigenvalue weighted by Gasteiger charge is -2.20. The Bertz CT molecular complexity index is 484. The van der Waals surface area contributed by atoms with Gasteiger partial charge in [0, 0.05) is 12.1 Å². The normalized spacial score (nSPS) is 11.0. The van der Waals surface area contributed by atoms with E-state index in [9.17, 15) is 9.59 Å². The van der Waals surface area contributed by atoms with Gasteiger partial charge in [0.2, 0.25) is 11.0 Å². The minimum absolute atomic E-state index is 0.125. The Balaban J connectivity index is 2.32. The molecular weight excluding hydrogens is 310 g/mol. The van der Waals surface area contributed by atoms with E-state index in [1.165, 1.54) is 23.1 Å². The van der Waals surface area contributed by atoms with Crippen molar-refractivity contribution in [1.82, 2.24) is 20.8 Å². The number of urea groups is 1. The highest BCUT2D eigenvalue weighted by atomic mass is 32.2. The Morgan fingerprint density at radius 3 is 2.62 bits per heavy atom. The van der Waals surface area contributed by atoms with Crippen LogP contribution in [0.15, 0.2) is 4.34 Å². The van der Waals surface area contributed by atoms with E-state index in [4.69, 9.17) is 0 Å². The number of nitrogens with one attached hydrogen (secondary N) is 3. The number of imide groups is 1. The molecule has 0 saturated carbocycles. The monoisotopic (exact) mass is 331 g/mol. The molecule has 0 saturated heterocycles. The number of carbonyl (C=O) groups excluding carboxylic acids is 2. The molecule has 1 aromatic heterocycles. The number of rotatable bonds is 6. The van der Waals surface area contributed by atoms with Gasteiger partial charge in [-0.1, -0.05) is 30.0 Å². The zero-order chi connectivity index (χ0) is 15.9. The zero-order valence-electron chi connectivity index (χ0n) is 12.6. The maximum atomic E-state index is 11.6. The van der Waals surface area contributed by atoms with Crippen LogP contribution in [0.2, 0.25) is 0 Å². The van der Waals surface area contributed by atoms with Gasteiger partial charge >= 0.3 is 6.03 Å². The van der Waals surface area contributed by atoms with E-state index in [0.717, 1.165) is 18.1 Å². The lowest BCUT2D eigenvalue weighted by molar-refractivity contribution is -0.117. The first-order chi connectivity index (χ1) is 9.80. The van der Waals surface area contributed by atoms with Crippen LogP contribution >= 0.6 is 23.1 Å². The molecular formula is C12H21N5O2S2. The first kappa shape index (κ1) is 17.7. The van der Waals surface area contributed by atoms with Gasteiger partial charge in [-0.3, -0.25) is 10.1 Å². The first-order valence-electron chi connectivity index (χ1n) is 6.62. The van der Waals surface area contributed by atoms with Crippen LogP contribution in [-0.2, 0) is 4.79 Å². The van der Waals surface area contributed by atoms with Gasteiger partial charge in [-0.05, 0) is 27.2 Å². The van der Waals surface area contributed by atoms with Gasteiger partial charge in [-0.25, -0.2) is 4.79 Å². The summed E-state index contributed by atoms with van der Waals surface area (Å²) in [6.45, 7) is 8.44. The van der Waals surface area contributed by atoms with Crippen LogP contribution in [0.1, 0.15) is 34.1 Å². The summed E-state index contributed by atoms with van der Waals surface area (Å²) in [5.74, 6) is -0.236. The molecule has 1 aromatic rings. The molecule has 0 radical (unpaired) electrons. The van der Waals surface area contributed by atoms with Crippen molar-refractivity contribution in [2.75, 3.05) is 17.6 Å². The van der Waals surface area contributed by atoms with Crippen molar-refractivity contribution in [1.29, 1.82) is 0 Å². The molecule has 3 N–H and O–H groups in total. The van der Waals surface area contributed by atoms with Crippen molar-refractivity contribution in [3.63, 3.8) is 0 Å². The van der Waals surface area contributed by atoms with E-state index in [0.29, 0.717) is 4.34 Å². The highest BCUT2D eigenvalue weighted by molar-refractivity contribution is 8.01. The Labute approximate surface area is 132 Å². The number of amides is 3. The predicted octanol–water partition coefficient (Wildman–Crippen LogP) is 2.08. The third-order valence-electron chi connectivity index (χ3n) is 2.00. The summed E-state index contributed by atoms with van der Waals surface area (Å²) in [4.78, 5) is 23.2. The quantitative estimate of drug-likeness (QED) is 0.691. The topological polar surface area (TPSA) is 96.0 Å². The van der Waals surface area contributed by atoms with Crippen LogP contribution < -0.4 is 16.0 Å². The van der Waals surface area contributed by atoms with Gasteiger partial charge in [-0.15, -0.1) is 10.2 Å². The van der Waals surface area contributed by atoms with Crippen molar-refractivity contribution in [3.8, 4) is 0 Å². The fourth-order valence-electron chi connectivity index (χ4n) is 1.23. The second kappa shape index (κ2) is 8.18. The van der Waals surface area contributed by atoms with E-state index in [2.05, 4.69) is 33.1 Å². The summed E-state index contributed by atoms with van der Waals surface area (Å²) >= 11 is 2.65.